The molecule has 0 aromatic rings. The van der Waals surface area contributed by atoms with E-state index in [1.807, 2.05) is 0 Å². The molecule has 2 nitrogen and oxygen atoms in total. The van der Waals surface area contributed by atoms with Crippen molar-refractivity contribution in [2.24, 2.45) is 11.7 Å². The van der Waals surface area contributed by atoms with Crippen LogP contribution in [-0.2, 0) is 4.74 Å². The van der Waals surface area contributed by atoms with E-state index < -0.39 is 0 Å². The summed E-state index contributed by atoms with van der Waals surface area (Å²) < 4.78 is 5.04. The van der Waals surface area contributed by atoms with E-state index in [1.54, 1.807) is 0 Å². The number of hydrogen-bond acceptors (Lipinski definition) is 2. The van der Waals surface area contributed by atoms with Crippen LogP contribution in [0.1, 0.15) is 6.92 Å². The van der Waals surface area contributed by atoms with Gasteiger partial charge in [0.05, 0.1) is 13.2 Å². The van der Waals surface area contributed by atoms with Crippen LogP contribution in [-0.4, -0.2) is 19.3 Å². The standard InChI is InChI=1S/C5H11NO/c1-4-2-7-3-5(4)6/h4-5H,2-3,6H2,1H3/t4-,5+/m0/s1. The van der Waals surface area contributed by atoms with Crippen molar-refractivity contribution in [3.8, 4) is 0 Å². The van der Waals surface area contributed by atoms with Gasteiger partial charge in [-0.3, -0.25) is 0 Å². The van der Waals surface area contributed by atoms with Crippen LogP contribution >= 0.6 is 0 Å². The lowest BCUT2D eigenvalue weighted by Gasteiger charge is -2.02. The molecule has 1 saturated heterocycles. The second-order valence-corrected chi connectivity index (χ2v) is 2.18. The molecule has 0 aromatic carbocycles. The molecule has 0 spiro atoms. The van der Waals surface area contributed by atoms with E-state index in [2.05, 4.69) is 6.92 Å². The van der Waals surface area contributed by atoms with E-state index in [0.29, 0.717) is 12.0 Å². The maximum Gasteiger partial charge on any atom is 0.0621 e. The quantitative estimate of drug-likeness (QED) is 0.465. The molecule has 0 unspecified atom stereocenters. The van der Waals surface area contributed by atoms with Gasteiger partial charge in [-0.1, -0.05) is 6.92 Å². The van der Waals surface area contributed by atoms with Crippen LogP contribution in [0.5, 0.6) is 0 Å². The van der Waals surface area contributed by atoms with Crippen LogP contribution in [0.3, 0.4) is 0 Å². The summed E-state index contributed by atoms with van der Waals surface area (Å²) in [5.41, 5.74) is 5.55. The molecule has 2 N–H and O–H groups in total. The number of hydrogen-bond donors (Lipinski definition) is 1. The molecule has 0 aromatic heterocycles. The molecule has 1 rings (SSSR count). The molecule has 0 aliphatic carbocycles. The summed E-state index contributed by atoms with van der Waals surface area (Å²) in [5, 5.41) is 0. The van der Waals surface area contributed by atoms with E-state index >= 15 is 0 Å². The Labute approximate surface area is 43.6 Å². The largest absolute Gasteiger partial charge is 0.379 e. The van der Waals surface area contributed by atoms with Crippen LogP contribution in [0.15, 0.2) is 0 Å². The van der Waals surface area contributed by atoms with Crippen LogP contribution in [0.2, 0.25) is 0 Å². The Morgan fingerprint density at radius 1 is 1.57 bits per heavy atom. The fourth-order valence-corrected chi connectivity index (χ4v) is 0.678. The highest BCUT2D eigenvalue weighted by molar-refractivity contribution is 4.73. The highest BCUT2D eigenvalue weighted by Gasteiger charge is 2.18. The van der Waals surface area contributed by atoms with Gasteiger partial charge >= 0.3 is 0 Å². The van der Waals surface area contributed by atoms with Gasteiger partial charge < -0.3 is 10.5 Å². The van der Waals surface area contributed by atoms with Gasteiger partial charge in [0.15, 0.2) is 0 Å². The summed E-state index contributed by atoms with van der Waals surface area (Å²) in [5.74, 6) is 0.569. The van der Waals surface area contributed by atoms with Crippen LogP contribution in [0.25, 0.3) is 0 Å². The van der Waals surface area contributed by atoms with Gasteiger partial charge in [-0.15, -0.1) is 0 Å². The Balaban J connectivity index is 2.33. The summed E-state index contributed by atoms with van der Waals surface area (Å²) in [6, 6.07) is 0.292. The molecular formula is C5H11NO. The lowest BCUT2D eigenvalue weighted by atomic mass is 10.1. The Morgan fingerprint density at radius 2 is 2.29 bits per heavy atom. The maximum atomic E-state index is 5.55. The van der Waals surface area contributed by atoms with Crippen molar-refractivity contribution < 1.29 is 4.74 Å². The first-order valence-electron chi connectivity index (χ1n) is 2.64. The van der Waals surface area contributed by atoms with Crippen molar-refractivity contribution in [1.82, 2.24) is 0 Å². The first kappa shape index (κ1) is 5.06. The molecule has 0 bridgehead atoms. The molecule has 1 heterocycles. The van der Waals surface area contributed by atoms with Crippen LogP contribution in [0, 0.1) is 5.92 Å². The van der Waals surface area contributed by atoms with Crippen LogP contribution in [0.4, 0.5) is 0 Å². The molecule has 7 heavy (non-hydrogen) atoms. The molecule has 1 aliphatic heterocycles. The monoisotopic (exact) mass is 101 g/mol. The van der Waals surface area contributed by atoms with E-state index in [9.17, 15) is 0 Å². The van der Waals surface area contributed by atoms with Gasteiger partial charge in [-0.05, 0) is 5.92 Å². The molecule has 0 amide bonds. The summed E-state index contributed by atoms with van der Waals surface area (Å²) in [6.07, 6.45) is 0. The zero-order valence-corrected chi connectivity index (χ0v) is 4.55. The van der Waals surface area contributed by atoms with Crippen molar-refractivity contribution >= 4 is 0 Å². The first-order chi connectivity index (χ1) is 3.30. The fraction of sp³-hybridized carbons (Fsp3) is 1.00. The van der Waals surface area contributed by atoms with Gasteiger partial charge in [0.25, 0.3) is 0 Å². The molecule has 42 valence electrons. The Bertz CT molecular complexity index is 57.1. The lowest BCUT2D eigenvalue weighted by molar-refractivity contribution is 0.186. The second-order valence-electron chi connectivity index (χ2n) is 2.18. The van der Waals surface area contributed by atoms with E-state index in [1.165, 1.54) is 0 Å². The third-order valence-electron chi connectivity index (χ3n) is 1.42. The molecule has 2 heteroatoms. The first-order valence-corrected chi connectivity index (χ1v) is 2.64. The van der Waals surface area contributed by atoms with Gasteiger partial charge in [0.2, 0.25) is 0 Å². The topological polar surface area (TPSA) is 35.2 Å². The van der Waals surface area contributed by atoms with Gasteiger partial charge in [0.1, 0.15) is 0 Å². The SMILES string of the molecule is C[C@H]1COC[C@H]1N. The van der Waals surface area contributed by atoms with Gasteiger partial charge in [-0.25, -0.2) is 0 Å². The molecular weight excluding hydrogens is 90.1 g/mol. The summed E-state index contributed by atoms with van der Waals surface area (Å²) >= 11 is 0. The fourth-order valence-electron chi connectivity index (χ4n) is 0.678. The average Bonchev–Trinajstić information content (AvgIpc) is 1.91. The molecule has 1 aliphatic rings. The summed E-state index contributed by atoms with van der Waals surface area (Å²) in [7, 11) is 0. The van der Waals surface area contributed by atoms with Crippen molar-refractivity contribution in [3.63, 3.8) is 0 Å². The van der Waals surface area contributed by atoms with Gasteiger partial charge in [0, 0.05) is 6.04 Å². The summed E-state index contributed by atoms with van der Waals surface area (Å²) in [4.78, 5) is 0. The second kappa shape index (κ2) is 1.80. The van der Waals surface area contributed by atoms with Crippen molar-refractivity contribution in [3.05, 3.63) is 0 Å². The molecule has 2 atom stereocenters. The predicted octanol–water partition coefficient (Wildman–Crippen LogP) is -0.0200. The van der Waals surface area contributed by atoms with E-state index in [-0.39, 0.29) is 0 Å². The van der Waals surface area contributed by atoms with Crippen LogP contribution < -0.4 is 5.73 Å². The minimum Gasteiger partial charge on any atom is -0.379 e. The molecule has 0 radical (unpaired) electrons. The normalized spacial score (nSPS) is 42.0. The van der Waals surface area contributed by atoms with E-state index in [0.717, 1.165) is 13.2 Å². The maximum absolute atomic E-state index is 5.55. The average molecular weight is 101 g/mol. The molecule has 0 saturated carbocycles. The third kappa shape index (κ3) is 0.924. The minimum atomic E-state index is 0.292. The third-order valence-corrected chi connectivity index (χ3v) is 1.42. The Kier molecular flexibility index (Phi) is 1.30. The Hall–Kier alpha value is -0.0800. The summed E-state index contributed by atoms with van der Waals surface area (Å²) in [6.45, 7) is 3.71. The smallest absolute Gasteiger partial charge is 0.0621 e. The van der Waals surface area contributed by atoms with Crippen molar-refractivity contribution in [2.75, 3.05) is 13.2 Å². The zero-order valence-electron chi connectivity index (χ0n) is 4.55. The van der Waals surface area contributed by atoms with E-state index in [4.69, 9.17) is 10.5 Å². The number of nitrogens with two attached hydrogens (primary N) is 1. The zero-order chi connectivity index (χ0) is 5.28. The van der Waals surface area contributed by atoms with Gasteiger partial charge in [-0.2, -0.15) is 0 Å². The minimum absolute atomic E-state index is 0.292. The van der Waals surface area contributed by atoms with Crippen molar-refractivity contribution in [1.29, 1.82) is 0 Å². The molecule has 1 fully saturated rings. The number of rotatable bonds is 0. The van der Waals surface area contributed by atoms with Crippen molar-refractivity contribution in [2.45, 2.75) is 13.0 Å². The number of ether oxygens (including phenoxy) is 1. The highest BCUT2D eigenvalue weighted by atomic mass is 16.5. The predicted molar refractivity (Wildman–Crippen MR) is 28.0 cm³/mol. The lowest BCUT2D eigenvalue weighted by Crippen LogP contribution is -2.25. The Morgan fingerprint density at radius 3 is 2.43 bits per heavy atom. The highest BCUT2D eigenvalue weighted by Crippen LogP contribution is 2.08.